The lowest BCUT2D eigenvalue weighted by molar-refractivity contribution is 0.0592. The molecule has 0 aliphatic carbocycles. The molecule has 6 heteroatoms. The summed E-state index contributed by atoms with van der Waals surface area (Å²) in [5, 5.41) is 4.04. The molecule has 0 bridgehead atoms. The molecule has 14 heavy (non-hydrogen) atoms. The molecule has 0 N–H and O–H groups in total. The van der Waals surface area contributed by atoms with Crippen molar-refractivity contribution < 1.29 is 9.53 Å². The molecule has 2 heterocycles. The van der Waals surface area contributed by atoms with Crippen LogP contribution < -0.4 is 0 Å². The van der Waals surface area contributed by atoms with E-state index in [2.05, 4.69) is 30.7 Å². The average Bonchev–Trinajstić information content (AvgIpc) is 2.56. The highest BCUT2D eigenvalue weighted by atomic mass is 79.9. The maximum Gasteiger partial charge on any atom is 0.359 e. The van der Waals surface area contributed by atoms with E-state index in [1.54, 1.807) is 23.1 Å². The Morgan fingerprint density at radius 2 is 2.43 bits per heavy atom. The van der Waals surface area contributed by atoms with Crippen LogP contribution in [0.3, 0.4) is 0 Å². The van der Waals surface area contributed by atoms with Crippen molar-refractivity contribution in [2.45, 2.75) is 0 Å². The number of nitrogens with zero attached hydrogens (tertiary/aromatic N) is 3. The normalized spacial score (nSPS) is 10.4. The van der Waals surface area contributed by atoms with E-state index >= 15 is 0 Å². The molecule has 0 fully saturated rings. The van der Waals surface area contributed by atoms with Crippen molar-refractivity contribution in [3.05, 3.63) is 28.8 Å². The minimum absolute atomic E-state index is 0.250. The Hall–Kier alpha value is -1.43. The molecule has 0 radical (unpaired) electrons. The van der Waals surface area contributed by atoms with Gasteiger partial charge in [-0.2, -0.15) is 5.10 Å². The fourth-order valence-corrected chi connectivity index (χ4v) is 1.62. The topological polar surface area (TPSA) is 56.5 Å². The van der Waals surface area contributed by atoms with Gasteiger partial charge in [0, 0.05) is 12.4 Å². The van der Waals surface area contributed by atoms with Gasteiger partial charge in [-0.3, -0.25) is 4.98 Å². The number of carbonyl (C=O) groups is 1. The van der Waals surface area contributed by atoms with Crippen LogP contribution in [0.2, 0.25) is 0 Å². The van der Waals surface area contributed by atoms with Gasteiger partial charge in [0.25, 0.3) is 0 Å². The fourth-order valence-electron chi connectivity index (χ4n) is 1.10. The summed E-state index contributed by atoms with van der Waals surface area (Å²) >= 11 is 3.27. The van der Waals surface area contributed by atoms with Crippen molar-refractivity contribution in [3.63, 3.8) is 0 Å². The lowest BCUT2D eigenvalue weighted by Crippen LogP contribution is -2.02. The number of halogens is 1. The largest absolute Gasteiger partial charge is 0.464 e. The van der Waals surface area contributed by atoms with E-state index in [4.69, 9.17) is 0 Å². The zero-order chi connectivity index (χ0) is 10.1. The molecule has 0 spiro atoms. The molecule has 0 aromatic carbocycles. The number of ether oxygens (including phenoxy) is 1. The van der Waals surface area contributed by atoms with Crippen molar-refractivity contribution in [3.8, 4) is 0 Å². The van der Waals surface area contributed by atoms with Crippen LogP contribution in [0.1, 0.15) is 10.5 Å². The third-order valence-electron chi connectivity index (χ3n) is 1.76. The molecular formula is C8H6BrN3O2. The molecule has 0 aliphatic heterocycles. The van der Waals surface area contributed by atoms with Crippen LogP contribution >= 0.6 is 15.9 Å². The lowest BCUT2D eigenvalue weighted by atomic mass is 10.4. The first-order valence-corrected chi connectivity index (χ1v) is 4.59. The summed E-state index contributed by atoms with van der Waals surface area (Å²) in [5.41, 5.74) is 0.980. The number of carbonyl (C=O) groups excluding carboxylic acids is 1. The number of fused-ring (bicyclic) bond motifs is 1. The Kier molecular flexibility index (Phi) is 2.20. The monoisotopic (exact) mass is 255 g/mol. The highest BCUT2D eigenvalue weighted by Gasteiger charge is 2.17. The van der Waals surface area contributed by atoms with Gasteiger partial charge < -0.3 is 4.74 Å². The second kappa shape index (κ2) is 3.38. The number of rotatable bonds is 1. The fraction of sp³-hybridized carbons (Fsp3) is 0.125. The molecule has 0 amide bonds. The predicted octanol–water partition coefficient (Wildman–Crippen LogP) is 1.28. The Balaban J connectivity index is 2.68. The second-order valence-corrected chi connectivity index (χ2v) is 3.35. The first kappa shape index (κ1) is 9.14. The molecule has 0 saturated carbocycles. The minimum atomic E-state index is -0.472. The van der Waals surface area contributed by atoms with Crippen LogP contribution in [0.15, 0.2) is 23.1 Å². The molecule has 2 aromatic rings. The smallest absolute Gasteiger partial charge is 0.359 e. The third-order valence-corrected chi connectivity index (χ3v) is 2.54. The third kappa shape index (κ3) is 1.27. The van der Waals surface area contributed by atoms with E-state index < -0.39 is 5.97 Å². The molecule has 0 aliphatic rings. The summed E-state index contributed by atoms with van der Waals surface area (Å²) in [5.74, 6) is -0.472. The molecule has 0 saturated heterocycles. The maximum absolute atomic E-state index is 11.3. The van der Waals surface area contributed by atoms with Crippen LogP contribution in [0, 0.1) is 0 Å². The van der Waals surface area contributed by atoms with Gasteiger partial charge in [0.1, 0.15) is 0 Å². The maximum atomic E-state index is 11.3. The second-order valence-electron chi connectivity index (χ2n) is 2.56. The van der Waals surface area contributed by atoms with Gasteiger partial charge in [0.2, 0.25) is 0 Å². The van der Waals surface area contributed by atoms with Gasteiger partial charge in [-0.15, -0.1) is 0 Å². The Bertz CT molecular complexity index is 494. The van der Waals surface area contributed by atoms with Crippen molar-refractivity contribution in [2.75, 3.05) is 7.11 Å². The quantitative estimate of drug-likeness (QED) is 0.721. The first-order chi connectivity index (χ1) is 6.74. The van der Waals surface area contributed by atoms with Gasteiger partial charge in [-0.05, 0) is 15.9 Å². The van der Waals surface area contributed by atoms with Gasteiger partial charge >= 0.3 is 5.97 Å². The van der Waals surface area contributed by atoms with Gasteiger partial charge in [0.15, 0.2) is 5.69 Å². The molecule has 2 aromatic heterocycles. The number of methoxy groups -OCH3 is 1. The van der Waals surface area contributed by atoms with E-state index in [1.165, 1.54) is 7.11 Å². The first-order valence-electron chi connectivity index (χ1n) is 3.80. The van der Waals surface area contributed by atoms with Crippen LogP contribution in [0.4, 0.5) is 0 Å². The molecule has 0 atom stereocenters. The van der Waals surface area contributed by atoms with Crippen molar-refractivity contribution >= 4 is 27.4 Å². The number of hydrogen-bond donors (Lipinski definition) is 0. The summed E-state index contributed by atoms with van der Waals surface area (Å²) in [7, 11) is 1.32. The molecular weight excluding hydrogens is 250 g/mol. The Morgan fingerprint density at radius 1 is 1.64 bits per heavy atom. The molecule has 0 unspecified atom stereocenters. The van der Waals surface area contributed by atoms with E-state index in [-0.39, 0.29) is 5.69 Å². The highest BCUT2D eigenvalue weighted by Crippen LogP contribution is 2.21. The van der Waals surface area contributed by atoms with Crippen molar-refractivity contribution in [2.24, 2.45) is 0 Å². The highest BCUT2D eigenvalue weighted by molar-refractivity contribution is 9.10. The van der Waals surface area contributed by atoms with E-state index in [0.717, 1.165) is 5.52 Å². The minimum Gasteiger partial charge on any atom is -0.464 e. The molecule has 72 valence electrons. The Morgan fingerprint density at radius 3 is 3.07 bits per heavy atom. The van der Waals surface area contributed by atoms with E-state index in [9.17, 15) is 4.79 Å². The number of esters is 1. The van der Waals surface area contributed by atoms with Crippen LogP contribution in [0.5, 0.6) is 0 Å². The average molecular weight is 256 g/mol. The zero-order valence-corrected chi connectivity index (χ0v) is 8.85. The lowest BCUT2D eigenvalue weighted by Gasteiger charge is -1.92. The number of aromatic nitrogens is 3. The van der Waals surface area contributed by atoms with E-state index in [0.29, 0.717) is 4.47 Å². The summed E-state index contributed by atoms with van der Waals surface area (Å²) in [6, 6.07) is 0. The molecule has 2 rings (SSSR count). The zero-order valence-electron chi connectivity index (χ0n) is 7.27. The van der Waals surface area contributed by atoms with Gasteiger partial charge in [-0.1, -0.05) is 0 Å². The molecule has 5 nitrogen and oxygen atoms in total. The summed E-state index contributed by atoms with van der Waals surface area (Å²) in [6.45, 7) is 0. The van der Waals surface area contributed by atoms with Crippen LogP contribution in [-0.2, 0) is 4.74 Å². The standard InChI is InChI=1S/C8H6BrN3O2/c1-14-8(13)7-6(9)5-4-10-2-3-12(5)11-7/h2-4H,1H3. The van der Waals surface area contributed by atoms with Crippen LogP contribution in [0.25, 0.3) is 5.52 Å². The van der Waals surface area contributed by atoms with Crippen LogP contribution in [-0.4, -0.2) is 27.7 Å². The SMILES string of the molecule is COC(=O)c1nn2ccncc2c1Br. The summed E-state index contributed by atoms with van der Waals surface area (Å²) in [4.78, 5) is 15.2. The number of hydrogen-bond acceptors (Lipinski definition) is 4. The van der Waals surface area contributed by atoms with E-state index in [1.807, 2.05) is 0 Å². The Labute approximate surface area is 87.8 Å². The van der Waals surface area contributed by atoms with Crippen molar-refractivity contribution in [1.29, 1.82) is 0 Å². The summed E-state index contributed by atoms with van der Waals surface area (Å²) < 4.78 is 6.74. The van der Waals surface area contributed by atoms with Crippen molar-refractivity contribution in [1.82, 2.24) is 14.6 Å². The van der Waals surface area contributed by atoms with Gasteiger partial charge in [-0.25, -0.2) is 9.31 Å². The predicted molar refractivity (Wildman–Crippen MR) is 52.0 cm³/mol. The van der Waals surface area contributed by atoms with Gasteiger partial charge in [0.05, 0.1) is 23.3 Å². The summed E-state index contributed by atoms with van der Waals surface area (Å²) in [6.07, 6.45) is 4.86.